The van der Waals surface area contributed by atoms with Crippen LogP contribution in [0.4, 0.5) is 11.4 Å². The molecule has 1 heterocycles. The highest BCUT2D eigenvalue weighted by Crippen LogP contribution is 2.30. The predicted molar refractivity (Wildman–Crippen MR) is 95.4 cm³/mol. The second kappa shape index (κ2) is 6.86. The molecule has 8 heteroatoms. The maximum absolute atomic E-state index is 12.1. The molecule has 0 saturated carbocycles. The van der Waals surface area contributed by atoms with Crippen LogP contribution in [0.5, 0.6) is 0 Å². The fourth-order valence-corrected chi connectivity index (χ4v) is 3.08. The first kappa shape index (κ1) is 16.2. The molecule has 0 aromatic heterocycles. The van der Waals surface area contributed by atoms with Gasteiger partial charge in [-0.2, -0.15) is 0 Å². The van der Waals surface area contributed by atoms with Gasteiger partial charge in [-0.25, -0.2) is 4.99 Å². The first-order valence-corrected chi connectivity index (χ1v) is 8.01. The van der Waals surface area contributed by atoms with Crippen LogP contribution < -0.4 is 5.32 Å². The normalized spacial score (nSPS) is 17.3. The lowest BCUT2D eigenvalue weighted by Crippen LogP contribution is -2.19. The molecule has 1 N–H and O–H groups in total. The Morgan fingerprint density at radius 1 is 1.21 bits per heavy atom. The summed E-state index contributed by atoms with van der Waals surface area (Å²) in [6.07, 6.45) is 1.48. The lowest BCUT2D eigenvalue weighted by Gasteiger charge is -1.97. The molecule has 1 fully saturated rings. The van der Waals surface area contributed by atoms with Gasteiger partial charge in [0.25, 0.3) is 11.6 Å². The van der Waals surface area contributed by atoms with Gasteiger partial charge in [0.05, 0.1) is 21.1 Å². The average molecular weight is 360 g/mol. The standard InChI is InChI=1S/C16H10ClN3O3S/c17-11-5-3-6-12(9-11)18-16-19-15(21)14(24-16)8-10-4-1-2-7-13(10)20(22)23/h1-9H,(H,18,19,21)/b14-8-. The summed E-state index contributed by atoms with van der Waals surface area (Å²) in [5, 5.41) is 14.6. The summed E-state index contributed by atoms with van der Waals surface area (Å²) in [7, 11) is 0. The highest BCUT2D eigenvalue weighted by molar-refractivity contribution is 8.18. The third-order valence-corrected chi connectivity index (χ3v) is 4.25. The zero-order valence-electron chi connectivity index (χ0n) is 12.1. The van der Waals surface area contributed by atoms with Crippen molar-refractivity contribution in [1.82, 2.24) is 5.32 Å². The maximum atomic E-state index is 12.1. The number of benzene rings is 2. The van der Waals surface area contributed by atoms with Gasteiger partial charge in [0, 0.05) is 11.1 Å². The lowest BCUT2D eigenvalue weighted by atomic mass is 10.1. The number of nitro groups is 1. The Bertz CT molecular complexity index is 896. The average Bonchev–Trinajstić information content (AvgIpc) is 2.87. The monoisotopic (exact) mass is 359 g/mol. The molecule has 1 aliphatic rings. The number of para-hydroxylation sites is 1. The molecule has 120 valence electrons. The van der Waals surface area contributed by atoms with E-state index in [1.165, 1.54) is 12.1 Å². The van der Waals surface area contributed by atoms with E-state index in [0.29, 0.717) is 26.3 Å². The summed E-state index contributed by atoms with van der Waals surface area (Å²) in [6, 6.07) is 13.2. The molecule has 1 amide bonds. The van der Waals surface area contributed by atoms with Crippen LogP contribution in [0, 0.1) is 10.1 Å². The molecule has 6 nitrogen and oxygen atoms in total. The van der Waals surface area contributed by atoms with E-state index in [0.717, 1.165) is 11.8 Å². The first-order valence-electron chi connectivity index (χ1n) is 6.81. The summed E-state index contributed by atoms with van der Waals surface area (Å²) in [5.74, 6) is -0.348. The van der Waals surface area contributed by atoms with Gasteiger partial charge < -0.3 is 5.32 Å². The van der Waals surface area contributed by atoms with E-state index < -0.39 is 4.92 Å². The van der Waals surface area contributed by atoms with Crippen molar-refractivity contribution >= 4 is 51.9 Å². The number of hydrogen-bond acceptors (Lipinski definition) is 5. The van der Waals surface area contributed by atoms with Gasteiger partial charge in [-0.1, -0.05) is 29.8 Å². The van der Waals surface area contributed by atoms with Crippen molar-refractivity contribution in [3.63, 3.8) is 0 Å². The number of amidine groups is 1. The number of carbonyl (C=O) groups excluding carboxylic acids is 1. The molecule has 0 aliphatic carbocycles. The van der Waals surface area contributed by atoms with Gasteiger partial charge in [-0.15, -0.1) is 0 Å². The first-order chi connectivity index (χ1) is 11.5. The van der Waals surface area contributed by atoms with Gasteiger partial charge in [-0.05, 0) is 42.1 Å². The van der Waals surface area contributed by atoms with Gasteiger partial charge in [-0.3, -0.25) is 14.9 Å². The van der Waals surface area contributed by atoms with Crippen LogP contribution in [-0.2, 0) is 4.79 Å². The minimum atomic E-state index is -0.481. The molecule has 24 heavy (non-hydrogen) atoms. The Morgan fingerprint density at radius 3 is 2.75 bits per heavy atom. The molecule has 2 aromatic carbocycles. The van der Waals surface area contributed by atoms with Gasteiger partial charge in [0.2, 0.25) is 0 Å². The number of rotatable bonds is 3. The summed E-state index contributed by atoms with van der Waals surface area (Å²) in [6.45, 7) is 0. The van der Waals surface area contributed by atoms with E-state index in [1.54, 1.807) is 42.5 Å². The number of nitrogens with zero attached hydrogens (tertiary/aromatic N) is 2. The second-order valence-corrected chi connectivity index (χ2v) is 6.24. The fraction of sp³-hybridized carbons (Fsp3) is 0. The highest BCUT2D eigenvalue weighted by Gasteiger charge is 2.25. The van der Waals surface area contributed by atoms with Gasteiger partial charge in [0.15, 0.2) is 5.17 Å². The van der Waals surface area contributed by atoms with Crippen molar-refractivity contribution < 1.29 is 9.72 Å². The fourth-order valence-electron chi connectivity index (χ4n) is 2.06. The minimum Gasteiger partial charge on any atom is -0.300 e. The Labute approximate surface area is 146 Å². The van der Waals surface area contributed by atoms with Gasteiger partial charge in [0.1, 0.15) is 0 Å². The smallest absolute Gasteiger partial charge is 0.276 e. The minimum absolute atomic E-state index is 0.0568. The molecule has 1 aliphatic heterocycles. The zero-order chi connectivity index (χ0) is 17.1. The number of aliphatic imine (C=N–C) groups is 1. The topological polar surface area (TPSA) is 84.6 Å². The predicted octanol–water partition coefficient (Wildman–Crippen LogP) is 4.14. The summed E-state index contributed by atoms with van der Waals surface area (Å²) >= 11 is 7.02. The molecule has 1 saturated heterocycles. The number of thioether (sulfide) groups is 1. The van der Waals surface area contributed by atoms with Crippen molar-refractivity contribution in [2.75, 3.05) is 0 Å². The number of carbonyl (C=O) groups is 1. The van der Waals surface area contributed by atoms with Crippen molar-refractivity contribution in [3.8, 4) is 0 Å². The molecule has 0 radical (unpaired) electrons. The van der Waals surface area contributed by atoms with Crippen molar-refractivity contribution in [1.29, 1.82) is 0 Å². The number of hydrogen-bond donors (Lipinski definition) is 1. The zero-order valence-corrected chi connectivity index (χ0v) is 13.7. The van der Waals surface area contributed by atoms with Crippen LogP contribution in [0.15, 0.2) is 58.4 Å². The molecule has 0 bridgehead atoms. The SMILES string of the molecule is O=C1NC(=Nc2cccc(Cl)c2)S/C1=C\c1ccccc1[N+](=O)[O-]. The van der Waals surface area contributed by atoms with E-state index in [4.69, 9.17) is 11.6 Å². The third-order valence-electron chi connectivity index (χ3n) is 3.11. The number of nitrogens with one attached hydrogen (secondary N) is 1. The summed E-state index contributed by atoms with van der Waals surface area (Å²) in [5.41, 5.74) is 0.917. The quantitative estimate of drug-likeness (QED) is 0.507. The lowest BCUT2D eigenvalue weighted by molar-refractivity contribution is -0.385. The Balaban J connectivity index is 1.89. The molecule has 0 atom stereocenters. The molecular weight excluding hydrogens is 350 g/mol. The van der Waals surface area contributed by atoms with Crippen LogP contribution in [0.1, 0.15) is 5.56 Å². The largest absolute Gasteiger partial charge is 0.300 e. The second-order valence-electron chi connectivity index (χ2n) is 4.78. The van der Waals surface area contributed by atoms with E-state index in [2.05, 4.69) is 10.3 Å². The van der Waals surface area contributed by atoms with Crippen LogP contribution >= 0.6 is 23.4 Å². The Kier molecular flexibility index (Phi) is 4.64. The Morgan fingerprint density at radius 2 is 2.00 bits per heavy atom. The molecule has 0 spiro atoms. The molecule has 2 aromatic rings. The van der Waals surface area contributed by atoms with Crippen molar-refractivity contribution in [2.45, 2.75) is 0 Å². The van der Waals surface area contributed by atoms with E-state index >= 15 is 0 Å². The van der Waals surface area contributed by atoms with Crippen LogP contribution in [0.3, 0.4) is 0 Å². The summed E-state index contributed by atoms with van der Waals surface area (Å²) < 4.78 is 0. The maximum Gasteiger partial charge on any atom is 0.276 e. The van der Waals surface area contributed by atoms with E-state index in [-0.39, 0.29) is 11.6 Å². The van der Waals surface area contributed by atoms with Crippen molar-refractivity contribution in [3.05, 3.63) is 74.1 Å². The Hall–Kier alpha value is -2.64. The van der Waals surface area contributed by atoms with E-state index in [1.807, 2.05) is 0 Å². The van der Waals surface area contributed by atoms with Crippen LogP contribution in [-0.4, -0.2) is 16.0 Å². The van der Waals surface area contributed by atoms with Crippen LogP contribution in [0.2, 0.25) is 5.02 Å². The number of nitro benzene ring substituents is 1. The number of halogens is 1. The van der Waals surface area contributed by atoms with E-state index in [9.17, 15) is 14.9 Å². The molecule has 0 unspecified atom stereocenters. The van der Waals surface area contributed by atoms with Gasteiger partial charge >= 0.3 is 0 Å². The highest BCUT2D eigenvalue weighted by atomic mass is 35.5. The van der Waals surface area contributed by atoms with Crippen LogP contribution in [0.25, 0.3) is 6.08 Å². The third kappa shape index (κ3) is 3.64. The number of amides is 1. The van der Waals surface area contributed by atoms with Crippen molar-refractivity contribution in [2.24, 2.45) is 4.99 Å². The summed E-state index contributed by atoms with van der Waals surface area (Å²) in [4.78, 5) is 27.3. The molecular formula is C16H10ClN3O3S. The molecule has 3 rings (SSSR count).